The standard InChI is InChI=1S/C17H32O2/c1-3-5-7-9-13-17(19)15-11-10-14-16(18)12-8-6-4-2/h10-11,14-19H,3-9,12-13H2,1-2H3/b14-10-,15-11?. The molecule has 0 fully saturated rings. The highest BCUT2D eigenvalue weighted by Gasteiger charge is 1.98. The summed E-state index contributed by atoms with van der Waals surface area (Å²) in [6, 6.07) is 0. The minimum atomic E-state index is -0.349. The Hall–Kier alpha value is -0.600. The highest BCUT2D eigenvalue weighted by atomic mass is 16.3. The van der Waals surface area contributed by atoms with Crippen LogP contribution in [-0.2, 0) is 0 Å². The molecular formula is C17H32O2. The van der Waals surface area contributed by atoms with E-state index in [0.29, 0.717) is 0 Å². The Bertz CT molecular complexity index is 233. The van der Waals surface area contributed by atoms with Crippen LogP contribution >= 0.6 is 0 Å². The number of rotatable bonds is 12. The zero-order chi connectivity index (χ0) is 14.3. The Morgan fingerprint density at radius 1 is 0.684 bits per heavy atom. The SMILES string of the molecule is CCCCCCC(O)C=C/C=C\C(O)CCCCC. The molecule has 0 saturated carbocycles. The monoisotopic (exact) mass is 268 g/mol. The number of allylic oxidation sites excluding steroid dienone is 2. The van der Waals surface area contributed by atoms with E-state index in [1.165, 1.54) is 32.1 Å². The molecule has 2 heteroatoms. The third-order valence-corrected chi connectivity index (χ3v) is 3.23. The van der Waals surface area contributed by atoms with Crippen LogP contribution < -0.4 is 0 Å². The molecule has 0 aromatic rings. The number of unbranched alkanes of at least 4 members (excludes halogenated alkanes) is 5. The lowest BCUT2D eigenvalue weighted by Gasteiger charge is -2.04. The number of hydrogen-bond donors (Lipinski definition) is 2. The molecule has 0 spiro atoms. The second-order valence-electron chi connectivity index (χ2n) is 5.25. The predicted octanol–water partition coefficient (Wildman–Crippen LogP) is 4.37. The number of aliphatic hydroxyl groups excluding tert-OH is 2. The summed E-state index contributed by atoms with van der Waals surface area (Å²) in [4.78, 5) is 0. The normalized spacial score (nSPS) is 15.4. The second kappa shape index (κ2) is 13.8. The van der Waals surface area contributed by atoms with Crippen LogP contribution in [0.2, 0.25) is 0 Å². The average molecular weight is 268 g/mol. The quantitative estimate of drug-likeness (QED) is 0.407. The Morgan fingerprint density at radius 3 is 1.58 bits per heavy atom. The molecule has 0 saturated heterocycles. The van der Waals surface area contributed by atoms with E-state index in [-0.39, 0.29) is 12.2 Å². The largest absolute Gasteiger partial charge is 0.389 e. The minimum Gasteiger partial charge on any atom is -0.389 e. The van der Waals surface area contributed by atoms with Crippen LogP contribution in [0, 0.1) is 0 Å². The fraction of sp³-hybridized carbons (Fsp3) is 0.765. The van der Waals surface area contributed by atoms with E-state index in [4.69, 9.17) is 0 Å². The van der Waals surface area contributed by atoms with E-state index in [1.54, 1.807) is 12.2 Å². The topological polar surface area (TPSA) is 40.5 Å². The zero-order valence-corrected chi connectivity index (χ0v) is 12.7. The van der Waals surface area contributed by atoms with Gasteiger partial charge in [-0.15, -0.1) is 0 Å². The smallest absolute Gasteiger partial charge is 0.0723 e. The second-order valence-corrected chi connectivity index (χ2v) is 5.25. The minimum absolute atomic E-state index is 0.348. The fourth-order valence-corrected chi connectivity index (χ4v) is 1.96. The van der Waals surface area contributed by atoms with E-state index in [2.05, 4.69) is 13.8 Å². The summed E-state index contributed by atoms with van der Waals surface area (Å²) in [6.07, 6.45) is 16.5. The molecule has 0 aromatic heterocycles. The van der Waals surface area contributed by atoms with Gasteiger partial charge in [0.15, 0.2) is 0 Å². The highest BCUT2D eigenvalue weighted by Crippen LogP contribution is 2.07. The van der Waals surface area contributed by atoms with Crippen molar-refractivity contribution in [2.45, 2.75) is 83.8 Å². The third kappa shape index (κ3) is 13.6. The lowest BCUT2D eigenvalue weighted by atomic mass is 10.1. The van der Waals surface area contributed by atoms with E-state index >= 15 is 0 Å². The Morgan fingerprint density at radius 2 is 1.11 bits per heavy atom. The number of hydrogen-bond acceptors (Lipinski definition) is 2. The molecule has 0 radical (unpaired) electrons. The zero-order valence-electron chi connectivity index (χ0n) is 12.7. The van der Waals surface area contributed by atoms with Crippen molar-refractivity contribution >= 4 is 0 Å². The maximum Gasteiger partial charge on any atom is 0.0723 e. The average Bonchev–Trinajstić information content (AvgIpc) is 2.40. The molecule has 0 rings (SSSR count). The van der Waals surface area contributed by atoms with Gasteiger partial charge in [0.25, 0.3) is 0 Å². The highest BCUT2D eigenvalue weighted by molar-refractivity contribution is 5.06. The molecule has 112 valence electrons. The van der Waals surface area contributed by atoms with Gasteiger partial charge in [-0.2, -0.15) is 0 Å². The summed E-state index contributed by atoms with van der Waals surface area (Å²) in [5.74, 6) is 0. The van der Waals surface area contributed by atoms with Gasteiger partial charge in [0, 0.05) is 0 Å². The molecule has 0 amide bonds. The molecule has 2 N–H and O–H groups in total. The Kier molecular flexibility index (Phi) is 13.4. The lowest BCUT2D eigenvalue weighted by Crippen LogP contribution is -2.02. The van der Waals surface area contributed by atoms with Gasteiger partial charge >= 0.3 is 0 Å². The molecule has 0 bridgehead atoms. The van der Waals surface area contributed by atoms with Crippen molar-refractivity contribution in [3.8, 4) is 0 Å². The van der Waals surface area contributed by atoms with Crippen LogP contribution in [0.4, 0.5) is 0 Å². The van der Waals surface area contributed by atoms with Crippen molar-refractivity contribution in [2.24, 2.45) is 0 Å². The molecule has 0 aliphatic carbocycles. The van der Waals surface area contributed by atoms with Gasteiger partial charge in [0.05, 0.1) is 12.2 Å². The van der Waals surface area contributed by atoms with E-state index in [1.807, 2.05) is 12.2 Å². The first kappa shape index (κ1) is 18.4. The van der Waals surface area contributed by atoms with Crippen molar-refractivity contribution in [2.75, 3.05) is 0 Å². The van der Waals surface area contributed by atoms with Crippen LogP contribution in [0.1, 0.15) is 71.6 Å². The molecule has 2 unspecified atom stereocenters. The van der Waals surface area contributed by atoms with Gasteiger partial charge in [-0.25, -0.2) is 0 Å². The van der Waals surface area contributed by atoms with Gasteiger partial charge in [0.1, 0.15) is 0 Å². The van der Waals surface area contributed by atoms with Gasteiger partial charge in [0.2, 0.25) is 0 Å². The van der Waals surface area contributed by atoms with Gasteiger partial charge in [-0.1, -0.05) is 83.1 Å². The summed E-state index contributed by atoms with van der Waals surface area (Å²) < 4.78 is 0. The van der Waals surface area contributed by atoms with Gasteiger partial charge < -0.3 is 10.2 Å². The summed E-state index contributed by atoms with van der Waals surface area (Å²) >= 11 is 0. The first-order valence-corrected chi connectivity index (χ1v) is 7.91. The van der Waals surface area contributed by atoms with Crippen molar-refractivity contribution < 1.29 is 10.2 Å². The summed E-state index contributed by atoms with van der Waals surface area (Å²) in [5, 5.41) is 19.4. The van der Waals surface area contributed by atoms with Crippen molar-refractivity contribution in [3.05, 3.63) is 24.3 Å². The van der Waals surface area contributed by atoms with Gasteiger partial charge in [-0.05, 0) is 12.8 Å². The Labute approximate surface area is 119 Å². The van der Waals surface area contributed by atoms with Crippen LogP contribution in [0.25, 0.3) is 0 Å². The molecule has 0 aliphatic rings. The molecule has 2 atom stereocenters. The third-order valence-electron chi connectivity index (χ3n) is 3.23. The summed E-state index contributed by atoms with van der Waals surface area (Å²) in [6.45, 7) is 4.35. The summed E-state index contributed by atoms with van der Waals surface area (Å²) in [7, 11) is 0. The van der Waals surface area contributed by atoms with Crippen molar-refractivity contribution in [3.63, 3.8) is 0 Å². The molecule has 0 aliphatic heterocycles. The number of aliphatic hydroxyl groups is 2. The molecule has 0 aromatic carbocycles. The molecule has 2 nitrogen and oxygen atoms in total. The predicted molar refractivity (Wildman–Crippen MR) is 83.2 cm³/mol. The Balaban J connectivity index is 3.62. The van der Waals surface area contributed by atoms with E-state index in [9.17, 15) is 10.2 Å². The first-order chi connectivity index (χ1) is 9.20. The summed E-state index contributed by atoms with van der Waals surface area (Å²) in [5.41, 5.74) is 0. The molecular weight excluding hydrogens is 236 g/mol. The van der Waals surface area contributed by atoms with E-state index in [0.717, 1.165) is 25.7 Å². The van der Waals surface area contributed by atoms with Crippen molar-refractivity contribution in [1.82, 2.24) is 0 Å². The maximum absolute atomic E-state index is 9.70. The maximum atomic E-state index is 9.70. The lowest BCUT2D eigenvalue weighted by molar-refractivity contribution is 0.206. The van der Waals surface area contributed by atoms with Crippen LogP contribution in [0.3, 0.4) is 0 Å². The van der Waals surface area contributed by atoms with Gasteiger partial charge in [-0.3, -0.25) is 0 Å². The first-order valence-electron chi connectivity index (χ1n) is 7.91. The molecule has 0 heterocycles. The van der Waals surface area contributed by atoms with Crippen LogP contribution in [-0.4, -0.2) is 22.4 Å². The molecule has 19 heavy (non-hydrogen) atoms. The fourth-order valence-electron chi connectivity index (χ4n) is 1.96. The van der Waals surface area contributed by atoms with Crippen LogP contribution in [0.15, 0.2) is 24.3 Å². The van der Waals surface area contributed by atoms with Crippen molar-refractivity contribution in [1.29, 1.82) is 0 Å². The van der Waals surface area contributed by atoms with Crippen LogP contribution in [0.5, 0.6) is 0 Å². The van der Waals surface area contributed by atoms with E-state index < -0.39 is 0 Å².